The van der Waals surface area contributed by atoms with Gasteiger partial charge in [0.05, 0.1) is 70.9 Å². The van der Waals surface area contributed by atoms with E-state index >= 15 is 0 Å². The maximum Gasteiger partial charge on any atom is 0.293 e. The SMILES string of the molecule is CC(C)c1ccccc1[C@@H]1COCCN1C1CC2(CCN(c3ccc(C(=O)NS(=O)(=O)c4ccc(NCC5CCC(C)(O)CC5)c([N+](=O)[O-])c4)c(N4C[C@@H]5COCCN5c5nc6[nH]ccc6cc54)c3)CC2)C1. The summed E-state index contributed by atoms with van der Waals surface area (Å²) in [6.45, 7) is 13.0. The van der Waals surface area contributed by atoms with E-state index in [1.165, 1.54) is 23.3 Å². The minimum atomic E-state index is -4.60. The standard InChI is InChI=1S/C54H67N9O8S/c1-35(2)42-6-4-5-7-43(42)49-34-71-24-22-60(49)39-29-54(30-39)17-20-59(21-18-54)38-8-10-44(46(27-38)62-32-40-33-70-25-23-61(40)51-48(62)26-37-14-19-55-50(37)57-51)52(64)58-72(68,69)41-9-11-45(47(28-41)63(66)67)56-31-36-12-15-53(3,65)16-13-36/h4-11,14,19,26-28,35-36,39-40,49,56,65H,12-13,15-18,20-25,29-34H2,1-3H3,(H,55,57)(H,58,64)/t36?,40-,49+,53?/m1/s1. The van der Waals surface area contributed by atoms with Crippen molar-refractivity contribution < 1.29 is 32.7 Å². The van der Waals surface area contributed by atoms with E-state index in [4.69, 9.17) is 14.5 Å². The molecule has 382 valence electrons. The van der Waals surface area contributed by atoms with E-state index in [1.807, 2.05) is 31.3 Å². The number of hydrogen-bond donors (Lipinski definition) is 4. The number of aromatic nitrogens is 2. The molecular weight excluding hydrogens is 935 g/mol. The van der Waals surface area contributed by atoms with E-state index in [1.54, 1.807) is 6.07 Å². The van der Waals surface area contributed by atoms with Gasteiger partial charge in [-0.2, -0.15) is 0 Å². The first-order valence-corrected chi connectivity index (χ1v) is 27.4. The highest BCUT2D eigenvalue weighted by Gasteiger charge is 2.50. The summed E-state index contributed by atoms with van der Waals surface area (Å²) in [4.78, 5) is 43.8. The van der Waals surface area contributed by atoms with Gasteiger partial charge in [-0.15, -0.1) is 0 Å². The van der Waals surface area contributed by atoms with E-state index < -0.39 is 37.0 Å². The van der Waals surface area contributed by atoms with Gasteiger partial charge in [0.25, 0.3) is 21.6 Å². The summed E-state index contributed by atoms with van der Waals surface area (Å²) < 4.78 is 42.7. The molecule has 0 bridgehead atoms. The average molecular weight is 1000 g/mol. The number of fused-ring (bicyclic) bond motifs is 4. The van der Waals surface area contributed by atoms with Gasteiger partial charge in [-0.1, -0.05) is 38.1 Å². The number of benzene rings is 3. The van der Waals surface area contributed by atoms with Crippen molar-refractivity contribution >= 4 is 61.2 Å². The molecule has 2 aromatic heterocycles. The van der Waals surface area contributed by atoms with Gasteiger partial charge >= 0.3 is 0 Å². The Morgan fingerprint density at radius 1 is 0.931 bits per heavy atom. The number of ether oxygens (including phenoxy) is 2. The van der Waals surface area contributed by atoms with Gasteiger partial charge in [-0.3, -0.25) is 19.8 Å². The van der Waals surface area contributed by atoms with Crippen LogP contribution in [0.5, 0.6) is 0 Å². The van der Waals surface area contributed by atoms with Gasteiger partial charge in [-0.25, -0.2) is 18.1 Å². The second-order valence-corrected chi connectivity index (χ2v) is 23.5. The molecular formula is C54H67N9O8S. The Hall–Kier alpha value is -5.79. The number of hydrogen-bond acceptors (Lipinski definition) is 14. The van der Waals surface area contributed by atoms with Crippen LogP contribution in [0, 0.1) is 21.4 Å². The van der Waals surface area contributed by atoms with E-state index in [0.717, 1.165) is 99.1 Å². The molecule has 11 rings (SSSR count). The molecule has 17 nitrogen and oxygen atoms in total. The minimum absolute atomic E-state index is 0.0959. The monoisotopic (exact) mass is 1000 g/mol. The van der Waals surface area contributed by atoms with Crippen molar-refractivity contribution in [1.29, 1.82) is 0 Å². The molecule has 3 saturated heterocycles. The Kier molecular flexibility index (Phi) is 13.0. The van der Waals surface area contributed by atoms with Crippen LogP contribution in [-0.2, 0) is 19.5 Å². The number of aromatic amines is 1. The van der Waals surface area contributed by atoms with Crippen LogP contribution in [0.4, 0.5) is 34.3 Å². The zero-order chi connectivity index (χ0) is 49.9. The predicted octanol–water partition coefficient (Wildman–Crippen LogP) is 8.25. The maximum atomic E-state index is 14.7. The number of nitro benzene ring substituents is 1. The summed E-state index contributed by atoms with van der Waals surface area (Å²) in [7, 11) is -4.60. The Bertz CT molecular complexity index is 2950. The lowest BCUT2D eigenvalue weighted by Crippen LogP contribution is -2.58. The van der Waals surface area contributed by atoms with Crippen molar-refractivity contribution in [3.63, 3.8) is 0 Å². The third-order valence-corrected chi connectivity index (χ3v) is 18.1. The molecule has 5 aromatic rings. The second-order valence-electron chi connectivity index (χ2n) is 21.8. The average Bonchev–Trinajstić information content (AvgIpc) is 3.84. The summed E-state index contributed by atoms with van der Waals surface area (Å²) >= 11 is 0. The van der Waals surface area contributed by atoms with Crippen LogP contribution in [0.2, 0.25) is 0 Å². The Morgan fingerprint density at radius 3 is 2.47 bits per heavy atom. The van der Waals surface area contributed by atoms with Crippen molar-refractivity contribution in [2.75, 3.05) is 85.7 Å². The topological polar surface area (TPSA) is 199 Å². The molecule has 1 spiro atoms. The van der Waals surface area contributed by atoms with Crippen LogP contribution >= 0.6 is 0 Å². The molecule has 0 radical (unpaired) electrons. The molecule has 3 aromatic carbocycles. The van der Waals surface area contributed by atoms with E-state index in [2.05, 4.69) is 78.8 Å². The van der Waals surface area contributed by atoms with Crippen LogP contribution in [-0.4, -0.2) is 123 Å². The van der Waals surface area contributed by atoms with Gasteiger partial charge in [0.15, 0.2) is 5.82 Å². The van der Waals surface area contributed by atoms with Gasteiger partial charge in [0, 0.05) is 68.6 Å². The van der Waals surface area contributed by atoms with Crippen LogP contribution < -0.4 is 24.7 Å². The highest BCUT2D eigenvalue weighted by molar-refractivity contribution is 7.90. The van der Waals surface area contributed by atoms with Crippen LogP contribution in [0.3, 0.4) is 0 Å². The Balaban J connectivity index is 0.858. The largest absolute Gasteiger partial charge is 0.390 e. The van der Waals surface area contributed by atoms with E-state index in [0.29, 0.717) is 69.9 Å². The number of H-pyrrole nitrogens is 1. The number of nitrogens with zero attached hydrogens (tertiary/aromatic N) is 6. The third-order valence-electron chi connectivity index (χ3n) is 16.8. The first-order valence-electron chi connectivity index (χ1n) is 25.9. The summed E-state index contributed by atoms with van der Waals surface area (Å²) in [5.41, 5.74) is 5.23. The van der Waals surface area contributed by atoms with Gasteiger partial charge in [0.1, 0.15) is 11.3 Å². The van der Waals surface area contributed by atoms with Crippen LogP contribution in [0.25, 0.3) is 11.0 Å². The van der Waals surface area contributed by atoms with Crippen molar-refractivity contribution in [2.45, 2.75) is 107 Å². The first-order chi connectivity index (χ1) is 34.6. The van der Waals surface area contributed by atoms with Gasteiger partial charge < -0.3 is 39.6 Å². The maximum absolute atomic E-state index is 14.7. The molecule has 5 fully saturated rings. The predicted molar refractivity (Wildman–Crippen MR) is 278 cm³/mol. The molecule has 0 unspecified atom stereocenters. The first kappa shape index (κ1) is 48.5. The van der Waals surface area contributed by atoms with Crippen molar-refractivity contribution in [3.05, 3.63) is 106 Å². The quantitative estimate of drug-likeness (QED) is 0.0688. The molecule has 18 heteroatoms. The number of amides is 1. The molecule has 2 saturated carbocycles. The summed E-state index contributed by atoms with van der Waals surface area (Å²) in [5.74, 6) is 0.528. The van der Waals surface area contributed by atoms with Gasteiger partial charge in [0.2, 0.25) is 0 Å². The van der Waals surface area contributed by atoms with Crippen molar-refractivity contribution in [3.8, 4) is 0 Å². The lowest BCUT2D eigenvalue weighted by Gasteiger charge is -2.57. The fraction of sp³-hybridized carbons (Fsp3) is 0.519. The Morgan fingerprint density at radius 2 is 1.69 bits per heavy atom. The highest BCUT2D eigenvalue weighted by Crippen LogP contribution is 2.54. The van der Waals surface area contributed by atoms with Crippen molar-refractivity contribution in [2.24, 2.45) is 11.3 Å². The number of piperidine rings is 1. The van der Waals surface area contributed by atoms with Crippen LogP contribution in [0.1, 0.15) is 106 Å². The molecule has 6 aliphatic rings. The smallest absolute Gasteiger partial charge is 0.293 e. The lowest BCUT2D eigenvalue weighted by molar-refractivity contribution is -0.384. The number of carbonyl (C=O) groups excluding carboxylic acids is 1. The molecule has 2 atom stereocenters. The molecule has 2 aliphatic carbocycles. The number of nitrogens with one attached hydrogen (secondary N) is 3. The number of rotatable bonds is 12. The summed E-state index contributed by atoms with van der Waals surface area (Å²) in [5, 5.41) is 26.8. The third kappa shape index (κ3) is 9.40. The van der Waals surface area contributed by atoms with E-state index in [-0.39, 0.29) is 34.7 Å². The van der Waals surface area contributed by atoms with Crippen LogP contribution in [0.15, 0.2) is 83.9 Å². The summed E-state index contributed by atoms with van der Waals surface area (Å²) in [6, 6.07) is 22.8. The normalized spacial score (nSPS) is 24.7. The van der Waals surface area contributed by atoms with Gasteiger partial charge in [-0.05, 0) is 129 Å². The molecule has 4 aliphatic heterocycles. The fourth-order valence-electron chi connectivity index (χ4n) is 12.6. The number of pyridine rings is 1. The number of nitro groups is 1. The lowest BCUT2D eigenvalue weighted by atomic mass is 9.59. The number of sulfonamides is 1. The number of morpholine rings is 2. The minimum Gasteiger partial charge on any atom is -0.390 e. The Labute approximate surface area is 421 Å². The van der Waals surface area contributed by atoms with E-state index in [9.17, 15) is 28.4 Å². The zero-order valence-corrected chi connectivity index (χ0v) is 42.3. The molecule has 72 heavy (non-hydrogen) atoms. The fourth-order valence-corrected chi connectivity index (χ4v) is 13.6. The molecule has 1 amide bonds. The second kappa shape index (κ2) is 19.2. The zero-order valence-electron chi connectivity index (χ0n) is 41.5. The van der Waals surface area contributed by atoms with Crippen molar-refractivity contribution in [1.82, 2.24) is 19.6 Å². The number of carbonyl (C=O) groups is 1. The summed E-state index contributed by atoms with van der Waals surface area (Å²) in [6.07, 6.45) is 9.04. The molecule has 4 N–H and O–H groups in total. The highest BCUT2D eigenvalue weighted by atomic mass is 32.2. The molecule has 6 heterocycles. The number of aliphatic hydroxyl groups is 1. The number of anilines is 5.